The van der Waals surface area contributed by atoms with Crippen molar-refractivity contribution in [2.45, 2.75) is 39.4 Å². The topological polar surface area (TPSA) is 89.5 Å². The molecule has 0 aliphatic rings. The molecule has 0 amide bonds. The highest BCUT2D eigenvalue weighted by Crippen LogP contribution is 2.71. The van der Waals surface area contributed by atoms with Crippen LogP contribution >= 0.6 is 21.7 Å². The molecule has 0 saturated heterocycles. The van der Waals surface area contributed by atoms with E-state index in [1.807, 2.05) is 18.2 Å². The molecule has 0 aliphatic carbocycles. The van der Waals surface area contributed by atoms with Crippen molar-refractivity contribution in [1.29, 1.82) is 0 Å². The fraction of sp³-hybridized carbons (Fsp3) is 0.357. The fourth-order valence-corrected chi connectivity index (χ4v) is 11.7. The van der Waals surface area contributed by atoms with E-state index in [-0.39, 0.29) is 26.4 Å². The van der Waals surface area contributed by atoms with Gasteiger partial charge in [-0.25, -0.2) is 0 Å². The van der Waals surface area contributed by atoms with Crippen LogP contribution in [0.25, 0.3) is 0 Å². The highest BCUT2D eigenvalue weighted by molar-refractivity contribution is 8.13. The van der Waals surface area contributed by atoms with Gasteiger partial charge in [-0.1, -0.05) is 78.9 Å². The van der Waals surface area contributed by atoms with Crippen molar-refractivity contribution in [3.63, 3.8) is 0 Å². The molecule has 0 aliphatic heterocycles. The Hall–Kier alpha value is -1.47. The van der Waals surface area contributed by atoms with Gasteiger partial charge in [0.05, 0.1) is 26.4 Å². The quantitative estimate of drug-likeness (QED) is 0.137. The van der Waals surface area contributed by atoms with E-state index in [2.05, 4.69) is 0 Å². The lowest BCUT2D eigenvalue weighted by atomic mass is 10.2. The largest absolute Gasteiger partial charge is 0.364 e. The first-order chi connectivity index (χ1) is 19.2. The van der Waals surface area contributed by atoms with Gasteiger partial charge in [-0.15, -0.1) is 0 Å². The molecule has 1 unspecified atom stereocenters. The maximum Gasteiger partial charge on any atom is 0.364 e. The molecule has 0 saturated carbocycles. The maximum absolute atomic E-state index is 14.2. The third-order valence-corrected chi connectivity index (χ3v) is 13.3. The number of benzene rings is 3. The Labute approximate surface area is 242 Å². The van der Waals surface area contributed by atoms with Gasteiger partial charge in [0.25, 0.3) is 0 Å². The van der Waals surface area contributed by atoms with E-state index < -0.39 is 33.4 Å². The van der Waals surface area contributed by atoms with Crippen LogP contribution in [0.15, 0.2) is 91.0 Å². The summed E-state index contributed by atoms with van der Waals surface area (Å²) in [5, 5.41) is 0.519. The normalized spacial score (nSPS) is 15.3. The molecule has 12 heteroatoms. The molecule has 3 atom stereocenters. The highest BCUT2D eigenvalue weighted by Gasteiger charge is 2.47. The summed E-state index contributed by atoms with van der Waals surface area (Å²) in [6, 6.07) is 26.9. The second-order valence-corrected chi connectivity index (χ2v) is 15.8. The molecule has 0 aromatic heterocycles. The van der Waals surface area contributed by atoms with E-state index in [0.29, 0.717) is 16.4 Å². The molecular weight excluding hydrogens is 589 g/mol. The second-order valence-electron chi connectivity index (χ2n) is 8.32. The first kappa shape index (κ1) is 33.0. The highest BCUT2D eigenvalue weighted by atomic mass is 32.5. The lowest BCUT2D eigenvalue weighted by Gasteiger charge is -2.35. The number of hydrogen-bond acceptors (Lipinski definition) is 9. The predicted octanol–water partition coefficient (Wildman–Crippen LogP) is 8.58. The first-order valence-electron chi connectivity index (χ1n) is 13.1. The Morgan fingerprint density at radius 1 is 0.550 bits per heavy atom. The zero-order valence-corrected chi connectivity index (χ0v) is 26.7. The smallest absolute Gasteiger partial charge is 0.307 e. The molecule has 0 heterocycles. The standard InChI is InChI=1S/C28H37O8P3S/c1-5-31-37(29,32-6-2)27(24-18-12-9-13-19-24)35-39(40,26-22-16-11-17-23-26)36-28(25-20-14-10-15-21-25)38(30,33-7-3)34-8-4/h9-23,27-28H,5-8H2,1-4H3/t27-,28+,39?. The molecule has 0 N–H and O–H groups in total. The van der Waals surface area contributed by atoms with Gasteiger partial charge in [-0.05, 0) is 62.8 Å². The van der Waals surface area contributed by atoms with Gasteiger partial charge in [0.1, 0.15) is 0 Å². The van der Waals surface area contributed by atoms with Gasteiger partial charge in [-0.3, -0.25) is 9.13 Å². The van der Waals surface area contributed by atoms with Crippen LogP contribution in [-0.4, -0.2) is 26.4 Å². The summed E-state index contributed by atoms with van der Waals surface area (Å²) in [5.41, 5.74) is 1.08. The first-order valence-corrected chi connectivity index (χ1v) is 19.0. The van der Waals surface area contributed by atoms with Crippen molar-refractivity contribution in [2.75, 3.05) is 26.4 Å². The van der Waals surface area contributed by atoms with Gasteiger partial charge in [0, 0.05) is 5.30 Å². The fourth-order valence-electron chi connectivity index (χ4n) is 3.92. The van der Waals surface area contributed by atoms with Crippen molar-refractivity contribution in [3.05, 3.63) is 102 Å². The number of rotatable bonds is 17. The lowest BCUT2D eigenvalue weighted by molar-refractivity contribution is 0.135. The second kappa shape index (κ2) is 15.7. The average molecular weight is 627 g/mol. The van der Waals surface area contributed by atoms with Gasteiger partial charge in [0.15, 0.2) is 11.7 Å². The molecule has 0 bridgehead atoms. The summed E-state index contributed by atoms with van der Waals surface area (Å²) in [4.78, 5) is 0. The van der Waals surface area contributed by atoms with E-state index in [1.54, 1.807) is 100 Å². The van der Waals surface area contributed by atoms with Gasteiger partial charge in [0.2, 0.25) is 6.49 Å². The third kappa shape index (κ3) is 8.30. The Kier molecular flexibility index (Phi) is 12.9. The Morgan fingerprint density at radius 2 is 0.850 bits per heavy atom. The van der Waals surface area contributed by atoms with Crippen molar-refractivity contribution < 1.29 is 36.3 Å². The van der Waals surface area contributed by atoms with E-state index >= 15 is 0 Å². The van der Waals surface area contributed by atoms with Crippen molar-refractivity contribution in [1.82, 2.24) is 0 Å². The van der Waals surface area contributed by atoms with Crippen LogP contribution in [0.2, 0.25) is 0 Å². The molecule has 0 radical (unpaired) electrons. The minimum absolute atomic E-state index is 0.121. The monoisotopic (exact) mass is 626 g/mol. The summed E-state index contributed by atoms with van der Waals surface area (Å²) < 4.78 is 64.6. The Bertz CT molecular complexity index is 1210. The van der Waals surface area contributed by atoms with Gasteiger partial charge < -0.3 is 27.1 Å². The summed E-state index contributed by atoms with van der Waals surface area (Å²) >= 11 is 6.20. The molecule has 0 fully saturated rings. The Balaban J connectivity index is 2.22. The van der Waals surface area contributed by atoms with Crippen LogP contribution in [0.4, 0.5) is 0 Å². The van der Waals surface area contributed by atoms with Crippen molar-refractivity contribution in [2.24, 2.45) is 0 Å². The van der Waals surface area contributed by atoms with Crippen molar-refractivity contribution in [3.8, 4) is 0 Å². The summed E-state index contributed by atoms with van der Waals surface area (Å²) in [6.07, 6.45) is 0. The third-order valence-electron chi connectivity index (χ3n) is 5.53. The molecular formula is C28H37O8P3S. The van der Waals surface area contributed by atoms with E-state index in [4.69, 9.17) is 38.9 Å². The zero-order valence-electron chi connectivity index (χ0n) is 23.2. The van der Waals surface area contributed by atoms with Crippen LogP contribution in [-0.2, 0) is 48.1 Å². The lowest BCUT2D eigenvalue weighted by Crippen LogP contribution is -2.18. The van der Waals surface area contributed by atoms with Gasteiger partial charge in [-0.2, -0.15) is 0 Å². The minimum atomic E-state index is -3.92. The van der Waals surface area contributed by atoms with Crippen LogP contribution < -0.4 is 5.30 Å². The molecule has 3 aromatic rings. The summed E-state index contributed by atoms with van der Waals surface area (Å²) in [5.74, 6) is -2.45. The molecule has 3 aromatic carbocycles. The summed E-state index contributed by atoms with van der Waals surface area (Å²) in [6.45, 7) is 3.75. The molecule has 40 heavy (non-hydrogen) atoms. The molecule has 0 spiro atoms. The van der Waals surface area contributed by atoms with Crippen LogP contribution in [0.5, 0.6) is 0 Å². The van der Waals surface area contributed by atoms with Crippen LogP contribution in [0, 0.1) is 0 Å². The minimum Gasteiger partial charge on any atom is -0.307 e. The molecule has 8 nitrogen and oxygen atoms in total. The zero-order chi connectivity index (χ0) is 29.1. The van der Waals surface area contributed by atoms with Gasteiger partial charge >= 0.3 is 15.2 Å². The Morgan fingerprint density at radius 3 is 1.15 bits per heavy atom. The average Bonchev–Trinajstić information content (AvgIpc) is 2.96. The van der Waals surface area contributed by atoms with E-state index in [9.17, 15) is 9.13 Å². The van der Waals surface area contributed by atoms with E-state index in [1.165, 1.54) is 0 Å². The number of hydrogen-bond donors (Lipinski definition) is 0. The molecule has 218 valence electrons. The predicted molar refractivity (Wildman–Crippen MR) is 163 cm³/mol. The summed E-state index contributed by atoms with van der Waals surface area (Å²) in [7, 11) is -7.84. The van der Waals surface area contributed by atoms with E-state index in [0.717, 1.165) is 0 Å². The SMILES string of the molecule is CCOP(=O)(OCC)[C@H](OP(=S)(O[C@@H](c1ccccc1)P(=O)(OCC)OCC)c1ccccc1)c1ccccc1. The van der Waals surface area contributed by atoms with Crippen molar-refractivity contribution >= 4 is 38.8 Å². The van der Waals surface area contributed by atoms with Crippen LogP contribution in [0.3, 0.4) is 0 Å². The van der Waals surface area contributed by atoms with Crippen LogP contribution in [0.1, 0.15) is 50.5 Å². The molecule has 3 rings (SSSR count). The maximum atomic E-state index is 14.2.